The van der Waals surface area contributed by atoms with Crippen molar-refractivity contribution in [3.05, 3.63) is 47.2 Å². The fraction of sp³-hybridized carbons (Fsp3) is 0.214. The second kappa shape index (κ2) is 3.34. The number of aromatic amines is 1. The molecule has 0 saturated carbocycles. The van der Waals surface area contributed by atoms with Crippen LogP contribution in [0.5, 0.6) is 0 Å². The van der Waals surface area contributed by atoms with Gasteiger partial charge < -0.3 is 4.98 Å². The van der Waals surface area contributed by atoms with Crippen molar-refractivity contribution in [1.82, 2.24) is 4.98 Å². The highest BCUT2D eigenvalue weighted by molar-refractivity contribution is 6.01. The van der Waals surface area contributed by atoms with Gasteiger partial charge in [0.1, 0.15) is 0 Å². The van der Waals surface area contributed by atoms with E-state index in [1.807, 2.05) is 18.2 Å². The summed E-state index contributed by atoms with van der Waals surface area (Å²) in [6.45, 7) is 2.09. The van der Waals surface area contributed by atoms with Crippen LogP contribution in [-0.4, -0.2) is 10.8 Å². The number of H-pyrrole nitrogens is 1. The second-order valence-electron chi connectivity index (χ2n) is 4.31. The topological polar surface area (TPSA) is 32.9 Å². The summed E-state index contributed by atoms with van der Waals surface area (Å²) in [5.74, 6) is 0.270. The number of carbonyl (C=O) groups excluding carboxylic acids is 1. The first-order valence-corrected chi connectivity index (χ1v) is 5.57. The van der Waals surface area contributed by atoms with Gasteiger partial charge in [-0.25, -0.2) is 0 Å². The average Bonchev–Trinajstić information content (AvgIpc) is 2.82. The van der Waals surface area contributed by atoms with Crippen molar-refractivity contribution in [1.29, 1.82) is 0 Å². The summed E-state index contributed by atoms with van der Waals surface area (Å²) in [6.07, 6.45) is 1.52. The van der Waals surface area contributed by atoms with Crippen molar-refractivity contribution in [2.75, 3.05) is 0 Å². The smallest absolute Gasteiger partial charge is 0.165 e. The van der Waals surface area contributed by atoms with E-state index >= 15 is 0 Å². The number of fused-ring (bicyclic) bond motifs is 1. The zero-order valence-corrected chi connectivity index (χ0v) is 9.21. The Morgan fingerprint density at radius 3 is 2.69 bits per heavy atom. The molecule has 0 saturated heterocycles. The van der Waals surface area contributed by atoms with E-state index in [1.165, 1.54) is 11.1 Å². The number of Topliss-reactive ketones (excluding diaryl/α,β-unsaturated/α-hetero) is 1. The van der Waals surface area contributed by atoms with Gasteiger partial charge in [-0.3, -0.25) is 4.79 Å². The lowest BCUT2D eigenvalue weighted by molar-refractivity contribution is 0.0994. The Balaban J connectivity index is 2.12. The highest BCUT2D eigenvalue weighted by Gasteiger charge is 2.22. The molecule has 2 heteroatoms. The van der Waals surface area contributed by atoms with Crippen molar-refractivity contribution in [3.63, 3.8) is 0 Å². The Bertz CT molecular complexity index is 566. The summed E-state index contributed by atoms with van der Waals surface area (Å²) in [4.78, 5) is 14.9. The minimum Gasteiger partial charge on any atom is -0.358 e. The summed E-state index contributed by atoms with van der Waals surface area (Å²) in [5.41, 5.74) is 5.47. The molecule has 1 N–H and O–H groups in total. The Labute approximate surface area is 94.3 Å². The number of hydrogen-bond acceptors (Lipinski definition) is 1. The van der Waals surface area contributed by atoms with Crippen LogP contribution < -0.4 is 0 Å². The maximum atomic E-state index is 11.6. The molecule has 16 heavy (non-hydrogen) atoms. The third-order valence-electron chi connectivity index (χ3n) is 3.24. The van der Waals surface area contributed by atoms with E-state index in [4.69, 9.17) is 0 Å². The fourth-order valence-electron chi connectivity index (χ4n) is 2.34. The molecule has 80 valence electrons. The number of hydrogen-bond donors (Lipinski definition) is 1. The molecule has 1 aliphatic rings. The lowest BCUT2D eigenvalue weighted by Gasteiger charge is -2.02. The van der Waals surface area contributed by atoms with Crippen molar-refractivity contribution in [3.8, 4) is 11.3 Å². The quantitative estimate of drug-likeness (QED) is 0.772. The van der Waals surface area contributed by atoms with E-state index in [0.717, 1.165) is 23.4 Å². The van der Waals surface area contributed by atoms with E-state index < -0.39 is 0 Å². The minimum atomic E-state index is 0.270. The van der Waals surface area contributed by atoms with E-state index in [2.05, 4.69) is 24.0 Å². The van der Waals surface area contributed by atoms with Crippen LogP contribution in [0.15, 0.2) is 30.3 Å². The van der Waals surface area contributed by atoms with Crippen LogP contribution >= 0.6 is 0 Å². The Hall–Kier alpha value is -1.83. The molecule has 1 aromatic carbocycles. The first-order chi connectivity index (χ1) is 7.75. The number of benzene rings is 1. The molecule has 0 aliphatic heterocycles. The molecular formula is C14H13NO. The fourth-order valence-corrected chi connectivity index (χ4v) is 2.34. The van der Waals surface area contributed by atoms with E-state index in [9.17, 15) is 4.79 Å². The number of rotatable bonds is 1. The highest BCUT2D eigenvalue weighted by Crippen LogP contribution is 2.29. The number of aromatic nitrogens is 1. The molecule has 1 aliphatic carbocycles. The summed E-state index contributed by atoms with van der Waals surface area (Å²) in [5, 5.41) is 0. The zero-order chi connectivity index (χ0) is 11.1. The van der Waals surface area contributed by atoms with Crippen molar-refractivity contribution < 1.29 is 4.79 Å². The number of carbonyl (C=O) groups is 1. The lowest BCUT2D eigenvalue weighted by Crippen LogP contribution is -1.88. The van der Waals surface area contributed by atoms with Gasteiger partial charge in [-0.05, 0) is 25.0 Å². The summed E-state index contributed by atoms with van der Waals surface area (Å²) < 4.78 is 0. The Morgan fingerprint density at radius 2 is 1.94 bits per heavy atom. The number of ketones is 1. The Morgan fingerprint density at radius 1 is 1.12 bits per heavy atom. The highest BCUT2D eigenvalue weighted by atomic mass is 16.1. The van der Waals surface area contributed by atoms with E-state index in [1.54, 1.807) is 0 Å². The predicted molar refractivity (Wildman–Crippen MR) is 63.6 cm³/mol. The lowest BCUT2D eigenvalue weighted by atomic mass is 10.1. The molecule has 0 atom stereocenters. The summed E-state index contributed by atoms with van der Waals surface area (Å²) in [7, 11) is 0. The van der Waals surface area contributed by atoms with Crippen molar-refractivity contribution in [2.45, 2.75) is 19.8 Å². The first kappa shape index (κ1) is 9.40. The molecule has 0 radical (unpaired) electrons. The first-order valence-electron chi connectivity index (χ1n) is 5.57. The molecule has 0 spiro atoms. The minimum absolute atomic E-state index is 0.270. The number of aryl methyl sites for hydroxylation is 2. The van der Waals surface area contributed by atoms with Crippen molar-refractivity contribution in [2.24, 2.45) is 0 Å². The summed E-state index contributed by atoms with van der Waals surface area (Å²) >= 11 is 0. The van der Waals surface area contributed by atoms with Gasteiger partial charge in [0.25, 0.3) is 0 Å². The van der Waals surface area contributed by atoms with Crippen LogP contribution in [0.2, 0.25) is 0 Å². The van der Waals surface area contributed by atoms with Gasteiger partial charge in [-0.1, -0.05) is 24.3 Å². The van der Waals surface area contributed by atoms with Crippen LogP contribution in [0, 0.1) is 6.92 Å². The third kappa shape index (κ3) is 1.30. The van der Waals surface area contributed by atoms with Gasteiger partial charge in [0.2, 0.25) is 0 Å². The molecule has 1 aromatic heterocycles. The second-order valence-corrected chi connectivity index (χ2v) is 4.31. The van der Waals surface area contributed by atoms with Crippen molar-refractivity contribution >= 4 is 5.78 Å². The van der Waals surface area contributed by atoms with Crippen LogP contribution in [-0.2, 0) is 6.42 Å². The summed E-state index contributed by atoms with van der Waals surface area (Å²) in [6, 6.07) is 10.2. The standard InChI is InChI=1S/C14H13NO/c1-9-4-2-3-5-10(9)13-8-11-12(15-13)6-7-14(11)16/h2-5,8,15H,6-7H2,1H3. The molecule has 0 unspecified atom stereocenters. The van der Waals surface area contributed by atoms with Crippen LogP contribution in [0.4, 0.5) is 0 Å². The molecule has 0 fully saturated rings. The molecular weight excluding hydrogens is 198 g/mol. The van der Waals surface area contributed by atoms with Gasteiger partial charge in [-0.15, -0.1) is 0 Å². The predicted octanol–water partition coefficient (Wildman–Crippen LogP) is 3.12. The average molecular weight is 211 g/mol. The molecule has 2 nitrogen and oxygen atoms in total. The monoisotopic (exact) mass is 211 g/mol. The van der Waals surface area contributed by atoms with Gasteiger partial charge in [0.05, 0.1) is 0 Å². The Kier molecular flexibility index (Phi) is 1.96. The molecule has 3 rings (SSSR count). The van der Waals surface area contributed by atoms with Gasteiger partial charge in [0, 0.05) is 28.9 Å². The maximum absolute atomic E-state index is 11.6. The largest absolute Gasteiger partial charge is 0.358 e. The van der Waals surface area contributed by atoms with Gasteiger partial charge in [0.15, 0.2) is 5.78 Å². The zero-order valence-electron chi connectivity index (χ0n) is 9.21. The van der Waals surface area contributed by atoms with Gasteiger partial charge in [-0.2, -0.15) is 0 Å². The number of nitrogens with one attached hydrogen (secondary N) is 1. The molecule has 1 heterocycles. The normalized spacial score (nSPS) is 14.2. The third-order valence-corrected chi connectivity index (χ3v) is 3.24. The van der Waals surface area contributed by atoms with E-state index in [-0.39, 0.29) is 5.78 Å². The molecule has 2 aromatic rings. The van der Waals surface area contributed by atoms with Gasteiger partial charge >= 0.3 is 0 Å². The van der Waals surface area contributed by atoms with Crippen LogP contribution in [0.3, 0.4) is 0 Å². The molecule has 0 amide bonds. The van der Waals surface area contributed by atoms with E-state index in [0.29, 0.717) is 6.42 Å². The van der Waals surface area contributed by atoms with Crippen LogP contribution in [0.1, 0.15) is 28.0 Å². The maximum Gasteiger partial charge on any atom is 0.165 e. The SMILES string of the molecule is Cc1ccccc1-c1cc2c([nH]1)CCC2=O. The molecule has 0 bridgehead atoms. The van der Waals surface area contributed by atoms with Crippen LogP contribution in [0.25, 0.3) is 11.3 Å².